The zero-order chi connectivity index (χ0) is 72.8. The SMILES string of the molecule is C.C.C[C@@]1(O)CC[C@@]2(C)[C@@H](CC[C@@H]3[C@@H]2C[C@@H](O)[C@]2(C)[C@@H](C(=O)CBr)CC[C@@H]32)C1.C[C@@]1(O)CC[C@@]2(C)[C@@H](CC[C@@H]3[C@@H]2C[C@@H](O)[C@]2(C)[C@@H](C(=O)Cn4cc5ccncc5n4)CC[C@@H]32)C1.C[C@@]1(O)CC[C@@]2(C)[C@@H](CC[C@@H]3[C@@H]2C[C@@H](O)[C@]2(C)[C@@H](C(=O)Cn4ncc5ccncc54)CC[C@@H]32)C1.[V].c1cc2cn[nH]c2cn1. The molecule has 6 aromatic rings. The summed E-state index contributed by atoms with van der Waals surface area (Å²) in [6.45, 7) is 20.4. The van der Waals surface area contributed by atoms with Gasteiger partial charge in [0.25, 0.3) is 0 Å². The molecule has 27 atom stereocenters. The molecule has 20 heteroatoms. The minimum Gasteiger partial charge on any atom is -0.393 e. The standard InChI is InChI=1S/2C28H39N3O3.C22H35BrO3.C6H5N3.2CH4.V/c1-26(34)9-10-27(2)18(13-26)4-5-19-20-6-7-21(28(20,3)25(33)12-22(19)27)24(32)16-31-15-17-8-11-29-14-23(17)30-31;1-26(34)9-10-27(2)18(13-26)4-5-19-20-6-7-21(28(20,3)25(33)12-22(19)27)24(32)16-31-23-15-29-11-8-17(23)14-30-31;1-20(26)8-9-21(2)13(11-20)4-5-14-15-6-7-16(18(24)12-23)22(15,3)19(25)10-17(14)21;1-2-7-4-6-5(1)3-8-9-6;;;/h2*8,11,14-15,18-22,25,33-34H,4-7,9-10,12-13,16H2,1-3H3;13-17,19,25-26H,4-12H2,1-3H3;1-4H,(H,8,9);2*1H4;/t2*18-,19-,20-,21+,22-,25+,26+,27-,28-;13-,14-,15-,16+,17-,19+,20+,21-,22-;;;;/m000..../s1. The monoisotopic (exact) mass is 1560 g/mol. The fraction of sp³-hybridized carbons (Fsp3) is 0.756. The number of H-pyrrole nitrogens is 1. The average Bonchev–Trinajstić information content (AvgIpc) is 1.31. The normalized spacial score (nSPS) is 44.2. The van der Waals surface area contributed by atoms with Crippen molar-refractivity contribution < 1.29 is 63.6 Å². The number of aromatic nitrogens is 9. The van der Waals surface area contributed by atoms with Gasteiger partial charge in [-0.2, -0.15) is 15.3 Å². The van der Waals surface area contributed by atoms with E-state index in [0.29, 0.717) is 76.3 Å². The van der Waals surface area contributed by atoms with E-state index in [9.17, 15) is 45.0 Å². The van der Waals surface area contributed by atoms with Gasteiger partial charge in [-0.3, -0.25) is 43.8 Å². The number of aliphatic hydroxyl groups excluding tert-OH is 3. The molecule has 18 rings (SSSR count). The maximum Gasteiger partial charge on any atom is 0.158 e. The van der Waals surface area contributed by atoms with Gasteiger partial charge in [-0.15, -0.1) is 0 Å². The zero-order valence-electron chi connectivity index (χ0n) is 63.2. The first-order valence-corrected chi connectivity index (χ1v) is 41.1. The van der Waals surface area contributed by atoms with Crippen LogP contribution in [0.5, 0.6) is 0 Å². The Kier molecular flexibility index (Phi) is 23.0. The van der Waals surface area contributed by atoms with E-state index in [1.807, 2.05) is 45.2 Å². The number of nitrogens with zero attached hydrogens (tertiary/aromatic N) is 8. The minimum atomic E-state index is -0.546. The molecule has 1 radical (unpaired) electrons. The molecule has 0 bridgehead atoms. The number of hydrogen-bond donors (Lipinski definition) is 7. The van der Waals surface area contributed by atoms with Crippen molar-refractivity contribution in [2.75, 3.05) is 5.33 Å². The van der Waals surface area contributed by atoms with E-state index in [2.05, 4.69) is 92.8 Å². The number of Topliss-reactive ketones (excluding diaryl/α,β-unsaturated/α-hetero) is 3. The molecule has 12 aliphatic rings. The second-order valence-corrected chi connectivity index (χ2v) is 38.7. The molecule has 106 heavy (non-hydrogen) atoms. The topological polar surface area (TPSA) is 276 Å². The van der Waals surface area contributed by atoms with Crippen molar-refractivity contribution in [1.82, 2.24) is 44.7 Å². The van der Waals surface area contributed by atoms with Gasteiger partial charge in [0.15, 0.2) is 11.6 Å². The molecule has 0 saturated heterocycles. The van der Waals surface area contributed by atoms with Gasteiger partial charge in [-0.25, -0.2) is 0 Å². The summed E-state index contributed by atoms with van der Waals surface area (Å²) in [5.74, 6) is 6.70. The summed E-state index contributed by atoms with van der Waals surface area (Å²) in [6.07, 6.45) is 38.6. The summed E-state index contributed by atoms with van der Waals surface area (Å²) in [5, 5.41) is 85.8. The Balaban J connectivity index is 0.000000139. The van der Waals surface area contributed by atoms with Crippen LogP contribution >= 0.6 is 15.9 Å². The second-order valence-electron chi connectivity index (χ2n) is 38.2. The number of aliphatic hydroxyl groups is 6. The molecule has 7 N–H and O–H groups in total. The van der Waals surface area contributed by atoms with Crippen molar-refractivity contribution in [3.8, 4) is 0 Å². The van der Waals surface area contributed by atoms with Gasteiger partial charge in [0.05, 0.1) is 89.0 Å². The number of nitrogens with one attached hydrogen (secondary N) is 1. The van der Waals surface area contributed by atoms with E-state index in [0.717, 1.165) is 148 Å². The third-order valence-corrected chi connectivity index (χ3v) is 33.7. The fourth-order valence-corrected chi connectivity index (χ4v) is 27.6. The predicted molar refractivity (Wildman–Crippen MR) is 413 cm³/mol. The first-order valence-electron chi connectivity index (χ1n) is 40.0. The minimum absolute atomic E-state index is 0. The van der Waals surface area contributed by atoms with Gasteiger partial charge in [0.1, 0.15) is 17.8 Å². The number of rotatable bonds is 8. The quantitative estimate of drug-likeness (QED) is 0.0698. The van der Waals surface area contributed by atoms with Gasteiger partial charge in [0, 0.05) is 93.5 Å². The number of fused-ring (bicyclic) bond motifs is 18. The van der Waals surface area contributed by atoms with Crippen LogP contribution in [0.4, 0.5) is 0 Å². The van der Waals surface area contributed by atoms with Crippen LogP contribution in [0.3, 0.4) is 0 Å². The van der Waals surface area contributed by atoms with Crippen LogP contribution in [-0.4, -0.2) is 133 Å². The van der Waals surface area contributed by atoms with Crippen molar-refractivity contribution in [1.29, 1.82) is 0 Å². The Morgan fingerprint density at radius 3 is 1.32 bits per heavy atom. The second kappa shape index (κ2) is 30.0. The molecular weight excluding hydrogens is 1430 g/mol. The molecule has 581 valence electrons. The summed E-state index contributed by atoms with van der Waals surface area (Å²) in [6, 6.07) is 5.75. The van der Waals surface area contributed by atoms with E-state index in [1.54, 1.807) is 58.9 Å². The Labute approximate surface area is 650 Å². The first-order chi connectivity index (χ1) is 48.8. The summed E-state index contributed by atoms with van der Waals surface area (Å²) < 4.78 is 3.53. The molecule has 0 aromatic carbocycles. The van der Waals surface area contributed by atoms with Crippen molar-refractivity contribution in [2.45, 2.75) is 279 Å². The molecular formula is C86H126BrN9O9V. The fourth-order valence-electron chi connectivity index (χ4n) is 27.2. The van der Waals surface area contributed by atoms with Crippen LogP contribution in [0.2, 0.25) is 0 Å². The number of aromatic amines is 1. The zero-order valence-corrected chi connectivity index (χ0v) is 66.2. The number of hydrogen-bond acceptors (Lipinski definition) is 15. The number of carbonyl (C=O) groups excluding carboxylic acids is 3. The molecule has 6 aromatic heterocycles. The molecule has 12 saturated carbocycles. The largest absolute Gasteiger partial charge is 0.393 e. The Morgan fingerprint density at radius 1 is 0.481 bits per heavy atom. The van der Waals surface area contributed by atoms with Gasteiger partial charge < -0.3 is 30.6 Å². The van der Waals surface area contributed by atoms with E-state index in [1.165, 1.54) is 38.5 Å². The smallest absolute Gasteiger partial charge is 0.158 e. The van der Waals surface area contributed by atoms with E-state index in [4.69, 9.17) is 0 Å². The van der Waals surface area contributed by atoms with Crippen molar-refractivity contribution in [2.24, 2.45) is 121 Å². The van der Waals surface area contributed by atoms with E-state index >= 15 is 0 Å². The molecule has 0 spiro atoms. The number of alkyl halides is 1. The Hall–Kier alpha value is -4.31. The summed E-state index contributed by atoms with van der Waals surface area (Å²) >= 11 is 3.36. The van der Waals surface area contributed by atoms with Crippen LogP contribution in [0.25, 0.3) is 32.7 Å². The van der Waals surface area contributed by atoms with Crippen molar-refractivity contribution in [3.63, 3.8) is 0 Å². The summed E-state index contributed by atoms with van der Waals surface area (Å²) in [7, 11) is 0. The summed E-state index contributed by atoms with van der Waals surface area (Å²) in [5.41, 5.74) is 0.750. The Bertz CT molecular complexity index is 4050. The average molecular weight is 1560 g/mol. The van der Waals surface area contributed by atoms with Crippen LogP contribution in [0.15, 0.2) is 74.0 Å². The molecule has 0 aliphatic heterocycles. The maximum atomic E-state index is 13.7. The molecule has 12 aliphatic carbocycles. The Morgan fingerprint density at radius 2 is 0.887 bits per heavy atom. The van der Waals surface area contributed by atoms with E-state index < -0.39 is 29.0 Å². The molecule has 12 fully saturated rings. The van der Waals surface area contributed by atoms with Gasteiger partial charge in [-0.05, 0) is 280 Å². The molecule has 0 unspecified atom stereocenters. The van der Waals surface area contributed by atoms with Crippen molar-refractivity contribution >= 4 is 66.0 Å². The number of pyridine rings is 3. The van der Waals surface area contributed by atoms with Gasteiger partial charge in [-0.1, -0.05) is 72.3 Å². The number of ketones is 3. The van der Waals surface area contributed by atoms with Crippen LogP contribution in [0.1, 0.15) is 231 Å². The van der Waals surface area contributed by atoms with Gasteiger partial charge in [0.2, 0.25) is 0 Å². The van der Waals surface area contributed by atoms with Crippen LogP contribution in [0, 0.1) is 121 Å². The molecule has 6 heterocycles. The molecule has 0 amide bonds. The third kappa shape index (κ3) is 13.8. The van der Waals surface area contributed by atoms with Gasteiger partial charge >= 0.3 is 0 Å². The molecule has 18 nitrogen and oxygen atoms in total. The van der Waals surface area contributed by atoms with E-state index in [-0.39, 0.29) is 120 Å². The number of carbonyl (C=O) groups is 3. The number of halogens is 1. The van der Waals surface area contributed by atoms with Crippen LogP contribution in [-0.2, 0) is 46.0 Å². The summed E-state index contributed by atoms with van der Waals surface area (Å²) in [4.78, 5) is 52.1. The maximum absolute atomic E-state index is 13.7. The third-order valence-electron chi connectivity index (χ3n) is 33.2. The van der Waals surface area contributed by atoms with Crippen LogP contribution < -0.4 is 0 Å². The van der Waals surface area contributed by atoms with Crippen molar-refractivity contribution in [3.05, 3.63) is 74.0 Å². The first kappa shape index (κ1) is 81.2. The predicted octanol–water partition coefficient (Wildman–Crippen LogP) is 15.3.